The van der Waals surface area contributed by atoms with Crippen LogP contribution in [-0.2, 0) is 0 Å². The molecule has 0 radical (unpaired) electrons. The number of aromatic nitrogens is 1. The van der Waals surface area contributed by atoms with Crippen LogP contribution in [-0.4, -0.2) is 23.5 Å². The van der Waals surface area contributed by atoms with Crippen LogP contribution in [0.25, 0.3) is 0 Å². The van der Waals surface area contributed by atoms with Gasteiger partial charge in [-0.1, -0.05) is 6.07 Å². The fourth-order valence-electron chi connectivity index (χ4n) is 2.27. The lowest BCUT2D eigenvalue weighted by molar-refractivity contribution is 0.0935. The first-order chi connectivity index (χ1) is 10.5. The van der Waals surface area contributed by atoms with E-state index in [1.807, 2.05) is 25.1 Å². The van der Waals surface area contributed by atoms with E-state index in [2.05, 4.69) is 10.3 Å². The second-order valence-electron chi connectivity index (χ2n) is 5.17. The predicted molar refractivity (Wildman–Crippen MR) is 79.2 cm³/mol. The van der Waals surface area contributed by atoms with Crippen molar-refractivity contribution in [2.75, 3.05) is 6.79 Å². The number of hydrogen-bond donors (Lipinski definition) is 2. The number of benzene rings is 1. The Morgan fingerprint density at radius 3 is 2.73 bits per heavy atom. The molecule has 3 rings (SSSR count). The molecule has 0 saturated heterocycles. The van der Waals surface area contributed by atoms with Gasteiger partial charge in [-0.25, -0.2) is 0 Å². The molecule has 114 valence electrons. The highest BCUT2D eigenvalue weighted by atomic mass is 16.7. The summed E-state index contributed by atoms with van der Waals surface area (Å²) in [5.74, 6) is 1.03. The van der Waals surface area contributed by atoms with Crippen molar-refractivity contribution in [3.05, 3.63) is 47.3 Å². The monoisotopic (exact) mass is 300 g/mol. The molecule has 2 aromatic rings. The van der Waals surface area contributed by atoms with E-state index in [9.17, 15) is 9.59 Å². The molecule has 0 bridgehead atoms. The Bertz CT molecular complexity index is 735. The van der Waals surface area contributed by atoms with E-state index in [0.717, 1.165) is 5.56 Å². The van der Waals surface area contributed by atoms with Crippen molar-refractivity contribution >= 4 is 11.7 Å². The van der Waals surface area contributed by atoms with Crippen LogP contribution in [0.1, 0.15) is 46.3 Å². The van der Waals surface area contributed by atoms with Gasteiger partial charge >= 0.3 is 0 Å². The smallest absolute Gasteiger partial charge is 0.268 e. The lowest BCUT2D eigenvalue weighted by Gasteiger charge is -2.14. The molecule has 1 amide bonds. The Labute approximate surface area is 127 Å². The van der Waals surface area contributed by atoms with Crippen LogP contribution in [0.4, 0.5) is 0 Å². The molecule has 6 nitrogen and oxygen atoms in total. The largest absolute Gasteiger partial charge is 0.454 e. The van der Waals surface area contributed by atoms with Gasteiger partial charge in [0.2, 0.25) is 6.79 Å². The number of H-pyrrole nitrogens is 1. The van der Waals surface area contributed by atoms with E-state index in [1.165, 1.54) is 13.1 Å². The molecule has 0 spiro atoms. The Kier molecular flexibility index (Phi) is 3.58. The fourth-order valence-corrected chi connectivity index (χ4v) is 2.27. The first-order valence-electron chi connectivity index (χ1n) is 6.94. The summed E-state index contributed by atoms with van der Waals surface area (Å²) < 4.78 is 10.6. The zero-order chi connectivity index (χ0) is 15.7. The minimum absolute atomic E-state index is 0.0841. The molecule has 1 aliphatic heterocycles. The summed E-state index contributed by atoms with van der Waals surface area (Å²) in [6, 6.07) is 6.90. The van der Waals surface area contributed by atoms with Crippen LogP contribution in [0, 0.1) is 0 Å². The van der Waals surface area contributed by atoms with Gasteiger partial charge in [0.05, 0.1) is 6.04 Å². The number of carbonyl (C=O) groups excluding carboxylic acids is 2. The number of nitrogens with one attached hydrogen (secondary N) is 2. The van der Waals surface area contributed by atoms with Gasteiger partial charge in [0.15, 0.2) is 17.3 Å². The van der Waals surface area contributed by atoms with Crippen LogP contribution < -0.4 is 14.8 Å². The summed E-state index contributed by atoms with van der Waals surface area (Å²) in [6.45, 7) is 3.56. The number of ketones is 1. The molecule has 0 unspecified atom stereocenters. The zero-order valence-electron chi connectivity index (χ0n) is 12.3. The van der Waals surface area contributed by atoms with Crippen molar-refractivity contribution in [1.29, 1.82) is 0 Å². The molecular weight excluding hydrogens is 284 g/mol. The van der Waals surface area contributed by atoms with E-state index in [0.29, 0.717) is 22.8 Å². The molecule has 1 aromatic carbocycles. The standard InChI is InChI=1S/C16H16N2O4/c1-9(11-3-4-14-15(6-11)22-8-21-14)18-16(20)13-5-12(7-17-13)10(2)19/h3-7,9,17H,8H2,1-2H3,(H,18,20)/t9-/m0/s1. The molecule has 1 aromatic heterocycles. The summed E-state index contributed by atoms with van der Waals surface area (Å²) in [4.78, 5) is 26.3. The maximum atomic E-state index is 12.2. The molecule has 1 atom stereocenters. The maximum Gasteiger partial charge on any atom is 0.268 e. The molecule has 0 aliphatic carbocycles. The lowest BCUT2D eigenvalue weighted by Crippen LogP contribution is -2.26. The zero-order valence-corrected chi connectivity index (χ0v) is 12.3. The first kappa shape index (κ1) is 14.2. The Balaban J connectivity index is 1.71. The second-order valence-corrected chi connectivity index (χ2v) is 5.17. The van der Waals surface area contributed by atoms with Crippen LogP contribution in [0.2, 0.25) is 0 Å². The van der Waals surface area contributed by atoms with Crippen molar-refractivity contribution in [3.8, 4) is 11.5 Å². The van der Waals surface area contributed by atoms with E-state index >= 15 is 0 Å². The van der Waals surface area contributed by atoms with Gasteiger partial charge in [-0.05, 0) is 37.6 Å². The lowest BCUT2D eigenvalue weighted by atomic mass is 10.1. The minimum Gasteiger partial charge on any atom is -0.454 e. The summed E-state index contributed by atoms with van der Waals surface area (Å²) >= 11 is 0. The van der Waals surface area contributed by atoms with Crippen molar-refractivity contribution < 1.29 is 19.1 Å². The van der Waals surface area contributed by atoms with Crippen LogP contribution in [0.5, 0.6) is 11.5 Å². The number of hydrogen-bond acceptors (Lipinski definition) is 4. The molecule has 2 heterocycles. The van der Waals surface area contributed by atoms with Gasteiger partial charge in [-0.3, -0.25) is 9.59 Å². The third-order valence-corrected chi connectivity index (χ3v) is 3.58. The maximum absolute atomic E-state index is 12.2. The van der Waals surface area contributed by atoms with Gasteiger partial charge in [0.1, 0.15) is 5.69 Å². The SMILES string of the molecule is CC(=O)c1c[nH]c(C(=O)N[C@@H](C)c2ccc3c(c2)OCO3)c1. The fraction of sp³-hybridized carbons (Fsp3) is 0.250. The van der Waals surface area contributed by atoms with E-state index in [4.69, 9.17) is 9.47 Å². The topological polar surface area (TPSA) is 80.4 Å². The normalized spacial score (nSPS) is 13.7. The van der Waals surface area contributed by atoms with E-state index in [-0.39, 0.29) is 24.5 Å². The van der Waals surface area contributed by atoms with Gasteiger partial charge in [-0.15, -0.1) is 0 Å². The van der Waals surface area contributed by atoms with Crippen LogP contribution in [0.15, 0.2) is 30.5 Å². The van der Waals surface area contributed by atoms with E-state index in [1.54, 1.807) is 6.07 Å². The average Bonchev–Trinajstić information content (AvgIpc) is 3.15. The van der Waals surface area contributed by atoms with Gasteiger partial charge < -0.3 is 19.8 Å². The molecule has 22 heavy (non-hydrogen) atoms. The Morgan fingerprint density at radius 1 is 1.23 bits per heavy atom. The Morgan fingerprint density at radius 2 is 2.00 bits per heavy atom. The van der Waals surface area contributed by atoms with Gasteiger partial charge in [0, 0.05) is 11.8 Å². The third-order valence-electron chi connectivity index (χ3n) is 3.58. The summed E-state index contributed by atoms with van der Waals surface area (Å²) in [5, 5.41) is 2.88. The molecular formula is C16H16N2O4. The van der Waals surface area contributed by atoms with Crippen molar-refractivity contribution in [2.45, 2.75) is 19.9 Å². The van der Waals surface area contributed by atoms with Crippen molar-refractivity contribution in [1.82, 2.24) is 10.3 Å². The van der Waals surface area contributed by atoms with Gasteiger partial charge in [0.25, 0.3) is 5.91 Å². The quantitative estimate of drug-likeness (QED) is 0.850. The van der Waals surface area contributed by atoms with Gasteiger partial charge in [-0.2, -0.15) is 0 Å². The molecule has 0 saturated carbocycles. The minimum atomic E-state index is -0.266. The summed E-state index contributed by atoms with van der Waals surface area (Å²) in [7, 11) is 0. The van der Waals surface area contributed by atoms with E-state index < -0.39 is 0 Å². The van der Waals surface area contributed by atoms with Crippen molar-refractivity contribution in [3.63, 3.8) is 0 Å². The van der Waals surface area contributed by atoms with Crippen LogP contribution in [0.3, 0.4) is 0 Å². The molecule has 6 heteroatoms. The molecule has 0 fully saturated rings. The highest BCUT2D eigenvalue weighted by molar-refractivity contribution is 5.99. The predicted octanol–water partition coefficient (Wildman–Crippen LogP) is 2.44. The second kappa shape index (κ2) is 5.55. The number of amides is 1. The summed E-state index contributed by atoms with van der Waals surface area (Å²) in [6.07, 6.45) is 1.53. The number of fused-ring (bicyclic) bond motifs is 1. The van der Waals surface area contributed by atoms with Crippen LogP contribution >= 0.6 is 0 Å². The molecule has 1 aliphatic rings. The number of aromatic amines is 1. The van der Waals surface area contributed by atoms with Crippen molar-refractivity contribution in [2.24, 2.45) is 0 Å². The first-order valence-corrected chi connectivity index (χ1v) is 6.94. The number of carbonyl (C=O) groups is 2. The number of rotatable bonds is 4. The number of ether oxygens (including phenoxy) is 2. The summed E-state index contributed by atoms with van der Waals surface area (Å²) in [5.41, 5.74) is 1.76. The number of Topliss-reactive ketones (excluding diaryl/α,β-unsaturated/α-hetero) is 1. The highest BCUT2D eigenvalue weighted by Gasteiger charge is 2.18. The Hall–Kier alpha value is -2.76. The highest BCUT2D eigenvalue weighted by Crippen LogP contribution is 2.34. The average molecular weight is 300 g/mol. The third kappa shape index (κ3) is 2.67. The molecule has 2 N–H and O–H groups in total.